The van der Waals surface area contributed by atoms with Crippen LogP contribution >= 0.6 is 11.6 Å². The minimum absolute atomic E-state index is 0.183. The number of amides is 1. The van der Waals surface area contributed by atoms with Gasteiger partial charge in [0.05, 0.1) is 6.54 Å². The van der Waals surface area contributed by atoms with Crippen LogP contribution in [0.15, 0.2) is 34.9 Å². The number of carbonyl (C=O) groups excluding carboxylic acids is 1. The van der Waals surface area contributed by atoms with Gasteiger partial charge in [-0.2, -0.15) is 0 Å². The molecule has 1 aromatic carbocycles. The molecule has 2 heterocycles. The number of benzene rings is 1. The largest absolute Gasteiger partial charge is 0.359 e. The summed E-state index contributed by atoms with van der Waals surface area (Å²) in [5, 5.41) is 7.66. The number of aryl methyl sites for hydroxylation is 1. The molecule has 1 amide bonds. The van der Waals surface area contributed by atoms with Gasteiger partial charge in [0.25, 0.3) is 5.91 Å². The van der Waals surface area contributed by atoms with E-state index in [2.05, 4.69) is 27.5 Å². The van der Waals surface area contributed by atoms with Gasteiger partial charge in [0.2, 0.25) is 0 Å². The number of rotatable bonds is 6. The minimum Gasteiger partial charge on any atom is -0.359 e. The molecule has 2 aliphatic rings. The molecule has 5 nitrogen and oxygen atoms in total. The molecule has 1 fully saturated rings. The normalized spacial score (nSPS) is 17.1. The van der Waals surface area contributed by atoms with Crippen molar-refractivity contribution in [2.24, 2.45) is 0 Å². The van der Waals surface area contributed by atoms with E-state index in [0.29, 0.717) is 12.2 Å². The maximum absolute atomic E-state index is 12.4. The highest BCUT2D eigenvalue weighted by atomic mass is 35.5. The highest BCUT2D eigenvalue weighted by Gasteiger charge is 2.18. The van der Waals surface area contributed by atoms with E-state index in [1.165, 1.54) is 29.5 Å². The van der Waals surface area contributed by atoms with Crippen LogP contribution in [0.2, 0.25) is 5.02 Å². The molecule has 0 unspecified atom stereocenters. The van der Waals surface area contributed by atoms with Crippen LogP contribution in [0.5, 0.6) is 0 Å². The predicted octanol–water partition coefficient (Wildman–Crippen LogP) is 4.46. The Morgan fingerprint density at radius 2 is 2.07 bits per heavy atom. The minimum atomic E-state index is -0.183. The summed E-state index contributed by atoms with van der Waals surface area (Å²) in [5.74, 6) is 0.569. The third-order valence-corrected chi connectivity index (χ3v) is 5.74. The number of fused-ring (bicyclic) bond motifs is 1. The Labute approximate surface area is 170 Å². The summed E-state index contributed by atoms with van der Waals surface area (Å²) in [5.41, 5.74) is 4.16. The Bertz CT molecular complexity index is 868. The van der Waals surface area contributed by atoms with Crippen LogP contribution in [0.4, 0.5) is 0 Å². The molecule has 148 valence electrons. The quantitative estimate of drug-likeness (QED) is 0.778. The predicted molar refractivity (Wildman–Crippen MR) is 110 cm³/mol. The highest BCUT2D eigenvalue weighted by Crippen LogP contribution is 2.30. The Morgan fingerprint density at radius 1 is 1.21 bits per heavy atom. The molecule has 6 heteroatoms. The lowest BCUT2D eigenvalue weighted by atomic mass is 9.97. The van der Waals surface area contributed by atoms with Gasteiger partial charge in [0.1, 0.15) is 0 Å². The van der Waals surface area contributed by atoms with Crippen LogP contribution in [-0.4, -0.2) is 35.6 Å². The van der Waals surface area contributed by atoms with Crippen molar-refractivity contribution >= 4 is 23.1 Å². The number of carbonyl (C=O) groups is 1. The zero-order valence-electron chi connectivity index (χ0n) is 16.0. The first-order valence-electron chi connectivity index (χ1n) is 10.1. The number of allylic oxidation sites excluding steroid dienone is 1. The number of nitrogens with zero attached hydrogens (tertiary/aromatic N) is 2. The summed E-state index contributed by atoms with van der Waals surface area (Å²) in [6.45, 7) is 3.46. The SMILES string of the molecule is O=C(NCCC1=CCCCc2ccc(Cl)cc21)c1cc(CN2CCCC2)on1. The van der Waals surface area contributed by atoms with Gasteiger partial charge in [-0.3, -0.25) is 9.69 Å². The zero-order valence-corrected chi connectivity index (χ0v) is 16.8. The molecule has 0 bridgehead atoms. The van der Waals surface area contributed by atoms with E-state index >= 15 is 0 Å². The van der Waals surface area contributed by atoms with Gasteiger partial charge in [-0.15, -0.1) is 0 Å². The molecule has 1 aliphatic heterocycles. The van der Waals surface area contributed by atoms with Crippen LogP contribution in [-0.2, 0) is 13.0 Å². The van der Waals surface area contributed by atoms with Crippen LogP contribution < -0.4 is 5.32 Å². The molecule has 0 saturated carbocycles. The maximum Gasteiger partial charge on any atom is 0.273 e. The number of halogens is 1. The van der Waals surface area contributed by atoms with Crippen LogP contribution in [0.1, 0.15) is 59.5 Å². The lowest BCUT2D eigenvalue weighted by molar-refractivity contribution is 0.0945. The Balaban J connectivity index is 1.33. The van der Waals surface area contributed by atoms with Crippen molar-refractivity contribution in [3.05, 3.63) is 57.9 Å². The first-order chi connectivity index (χ1) is 13.7. The number of nitrogens with one attached hydrogen (secondary N) is 1. The summed E-state index contributed by atoms with van der Waals surface area (Å²) in [6.07, 6.45) is 8.77. The number of likely N-dealkylation sites (tertiary alicyclic amines) is 1. The Morgan fingerprint density at radius 3 is 2.93 bits per heavy atom. The summed E-state index contributed by atoms with van der Waals surface area (Å²) in [4.78, 5) is 14.7. The molecule has 2 aromatic rings. The van der Waals surface area contributed by atoms with Crippen molar-refractivity contribution in [2.45, 2.75) is 45.1 Å². The van der Waals surface area contributed by atoms with Gasteiger partial charge in [0, 0.05) is 17.6 Å². The fourth-order valence-electron chi connectivity index (χ4n) is 4.04. The van der Waals surface area contributed by atoms with Gasteiger partial charge < -0.3 is 9.84 Å². The number of hydrogen-bond donors (Lipinski definition) is 1. The molecule has 0 spiro atoms. The van der Waals surface area contributed by atoms with Crippen LogP contribution in [0.25, 0.3) is 5.57 Å². The van der Waals surface area contributed by atoms with Crippen molar-refractivity contribution in [3.63, 3.8) is 0 Å². The van der Waals surface area contributed by atoms with Gasteiger partial charge in [-0.05, 0) is 80.4 Å². The average Bonchev–Trinajstić information content (AvgIpc) is 3.33. The van der Waals surface area contributed by atoms with Gasteiger partial charge in [-0.25, -0.2) is 0 Å². The summed E-state index contributed by atoms with van der Waals surface area (Å²) in [6, 6.07) is 7.87. The second kappa shape index (κ2) is 8.93. The maximum atomic E-state index is 12.4. The molecule has 4 rings (SSSR count). The Hall–Kier alpha value is -2.11. The summed E-state index contributed by atoms with van der Waals surface area (Å²) >= 11 is 6.20. The molecule has 0 atom stereocenters. The highest BCUT2D eigenvalue weighted by molar-refractivity contribution is 6.30. The van der Waals surface area contributed by atoms with E-state index in [1.54, 1.807) is 6.07 Å². The molecular formula is C22H26ClN3O2. The summed E-state index contributed by atoms with van der Waals surface area (Å²) < 4.78 is 5.34. The van der Waals surface area contributed by atoms with E-state index in [0.717, 1.165) is 56.1 Å². The Kier molecular flexibility index (Phi) is 6.13. The smallest absolute Gasteiger partial charge is 0.273 e. The molecule has 1 N–H and O–H groups in total. The van der Waals surface area contributed by atoms with E-state index in [1.807, 2.05) is 12.1 Å². The first kappa shape index (κ1) is 19.2. The van der Waals surface area contributed by atoms with Gasteiger partial charge in [-0.1, -0.05) is 28.9 Å². The molecule has 0 radical (unpaired) electrons. The first-order valence-corrected chi connectivity index (χ1v) is 10.5. The standard InChI is InChI=1S/C22H26ClN3O2/c23-18-8-7-16-5-1-2-6-17(20(16)13-18)9-10-24-22(27)21-14-19(28-25-21)15-26-11-3-4-12-26/h6-8,13-14H,1-5,9-12,15H2,(H,24,27). The van der Waals surface area contributed by atoms with E-state index in [4.69, 9.17) is 16.1 Å². The van der Waals surface area contributed by atoms with E-state index in [-0.39, 0.29) is 5.91 Å². The van der Waals surface area contributed by atoms with Crippen LogP contribution in [0, 0.1) is 0 Å². The topological polar surface area (TPSA) is 58.4 Å². The fourth-order valence-corrected chi connectivity index (χ4v) is 4.21. The van der Waals surface area contributed by atoms with Crippen LogP contribution in [0.3, 0.4) is 0 Å². The molecule has 28 heavy (non-hydrogen) atoms. The molecule has 1 saturated heterocycles. The lowest BCUT2D eigenvalue weighted by Gasteiger charge is -2.12. The third kappa shape index (κ3) is 4.65. The van der Waals surface area contributed by atoms with Gasteiger partial charge in [0.15, 0.2) is 11.5 Å². The van der Waals surface area contributed by atoms with Crippen molar-refractivity contribution < 1.29 is 9.32 Å². The van der Waals surface area contributed by atoms with E-state index < -0.39 is 0 Å². The van der Waals surface area contributed by atoms with Crippen molar-refractivity contribution in [3.8, 4) is 0 Å². The second-order valence-electron chi connectivity index (χ2n) is 7.59. The number of hydrogen-bond acceptors (Lipinski definition) is 4. The second-order valence-corrected chi connectivity index (χ2v) is 8.03. The van der Waals surface area contributed by atoms with Crippen molar-refractivity contribution in [1.82, 2.24) is 15.4 Å². The van der Waals surface area contributed by atoms with E-state index in [9.17, 15) is 4.79 Å². The fraction of sp³-hybridized carbons (Fsp3) is 0.455. The average molecular weight is 400 g/mol. The zero-order chi connectivity index (χ0) is 19.3. The molecular weight excluding hydrogens is 374 g/mol. The third-order valence-electron chi connectivity index (χ3n) is 5.51. The molecule has 1 aromatic heterocycles. The molecule has 1 aliphatic carbocycles. The van der Waals surface area contributed by atoms with Crippen molar-refractivity contribution in [1.29, 1.82) is 0 Å². The lowest BCUT2D eigenvalue weighted by Crippen LogP contribution is -2.25. The number of aromatic nitrogens is 1. The summed E-state index contributed by atoms with van der Waals surface area (Å²) in [7, 11) is 0. The van der Waals surface area contributed by atoms with Gasteiger partial charge >= 0.3 is 0 Å². The van der Waals surface area contributed by atoms with Crippen molar-refractivity contribution in [2.75, 3.05) is 19.6 Å². The monoisotopic (exact) mass is 399 g/mol.